The van der Waals surface area contributed by atoms with Gasteiger partial charge in [-0.15, -0.1) is 0 Å². The van der Waals surface area contributed by atoms with Crippen LogP contribution in [-0.4, -0.2) is 11.1 Å². The van der Waals surface area contributed by atoms with Crippen LogP contribution in [0.15, 0.2) is 42.5 Å². The Morgan fingerprint density at radius 2 is 1.91 bits per heavy atom. The highest BCUT2D eigenvalue weighted by molar-refractivity contribution is 5.90. The maximum Gasteiger partial charge on any atom is 0.335 e. The average molecular weight is 309 g/mol. The molecular formula is C20H23NO2. The third-order valence-corrected chi connectivity index (χ3v) is 4.65. The molecule has 1 aliphatic rings. The Hall–Kier alpha value is -2.13. The van der Waals surface area contributed by atoms with E-state index in [4.69, 9.17) is 0 Å². The number of benzene rings is 2. The van der Waals surface area contributed by atoms with Crippen LogP contribution in [0.4, 0.5) is 0 Å². The molecule has 23 heavy (non-hydrogen) atoms. The van der Waals surface area contributed by atoms with Gasteiger partial charge in [-0.05, 0) is 41.2 Å². The second-order valence-electron chi connectivity index (χ2n) is 6.15. The number of aromatic carboxylic acids is 1. The standard InChI is InChI=1S/C20H23NO2/c1-2-3-4-10-16-17(11-7-12-18(16)20(22)23)19-15-9-6-5-8-14(15)13-21-19/h5-9,11-12,19,21H,2-4,10,13H2,1H3,(H,22,23). The monoisotopic (exact) mass is 309 g/mol. The van der Waals surface area contributed by atoms with Crippen LogP contribution >= 0.6 is 0 Å². The van der Waals surface area contributed by atoms with Crippen LogP contribution in [0.2, 0.25) is 0 Å². The summed E-state index contributed by atoms with van der Waals surface area (Å²) in [7, 11) is 0. The lowest BCUT2D eigenvalue weighted by Gasteiger charge is -2.19. The third-order valence-electron chi connectivity index (χ3n) is 4.65. The molecule has 0 fully saturated rings. The maximum atomic E-state index is 11.6. The molecule has 0 aromatic heterocycles. The summed E-state index contributed by atoms with van der Waals surface area (Å²) in [6, 6.07) is 14.2. The van der Waals surface area contributed by atoms with E-state index in [1.165, 1.54) is 11.1 Å². The van der Waals surface area contributed by atoms with E-state index in [9.17, 15) is 9.90 Å². The predicted octanol–water partition coefficient (Wildman–Crippen LogP) is 4.31. The summed E-state index contributed by atoms with van der Waals surface area (Å²) in [6.07, 6.45) is 4.12. The first-order valence-corrected chi connectivity index (χ1v) is 8.38. The molecule has 2 aromatic rings. The van der Waals surface area contributed by atoms with Crippen molar-refractivity contribution < 1.29 is 9.90 Å². The summed E-state index contributed by atoms with van der Waals surface area (Å²) in [5.74, 6) is -0.829. The number of nitrogens with one attached hydrogen (secondary N) is 1. The third kappa shape index (κ3) is 3.15. The van der Waals surface area contributed by atoms with Crippen molar-refractivity contribution in [3.05, 3.63) is 70.3 Å². The number of carboxylic acid groups (broad SMARTS) is 1. The molecule has 2 aromatic carbocycles. The maximum absolute atomic E-state index is 11.6. The summed E-state index contributed by atoms with van der Waals surface area (Å²) in [5.41, 5.74) is 5.13. The van der Waals surface area contributed by atoms with Crippen molar-refractivity contribution in [3.63, 3.8) is 0 Å². The lowest BCUT2D eigenvalue weighted by Crippen LogP contribution is -2.17. The summed E-state index contributed by atoms with van der Waals surface area (Å²) >= 11 is 0. The lowest BCUT2D eigenvalue weighted by atomic mass is 9.89. The normalized spacial score (nSPS) is 16.3. The van der Waals surface area contributed by atoms with Gasteiger partial charge in [-0.25, -0.2) is 4.79 Å². The Balaban J connectivity index is 2.02. The van der Waals surface area contributed by atoms with Crippen LogP contribution in [0.5, 0.6) is 0 Å². The molecule has 1 heterocycles. The van der Waals surface area contributed by atoms with Gasteiger partial charge in [0.2, 0.25) is 0 Å². The zero-order chi connectivity index (χ0) is 16.2. The van der Waals surface area contributed by atoms with E-state index in [0.29, 0.717) is 5.56 Å². The van der Waals surface area contributed by atoms with Gasteiger partial charge in [0.25, 0.3) is 0 Å². The predicted molar refractivity (Wildman–Crippen MR) is 91.8 cm³/mol. The van der Waals surface area contributed by atoms with Gasteiger partial charge in [0.15, 0.2) is 0 Å². The average Bonchev–Trinajstić information content (AvgIpc) is 2.99. The molecule has 1 unspecified atom stereocenters. The molecule has 120 valence electrons. The second kappa shape index (κ2) is 6.97. The minimum Gasteiger partial charge on any atom is -0.478 e. The van der Waals surface area contributed by atoms with E-state index in [1.807, 2.05) is 6.07 Å². The van der Waals surface area contributed by atoms with Gasteiger partial charge in [-0.1, -0.05) is 56.2 Å². The van der Waals surface area contributed by atoms with Crippen LogP contribution in [-0.2, 0) is 13.0 Å². The fourth-order valence-corrected chi connectivity index (χ4v) is 3.48. The Bertz CT molecular complexity index is 709. The molecule has 0 saturated carbocycles. The highest BCUT2D eigenvalue weighted by Gasteiger charge is 2.26. The van der Waals surface area contributed by atoms with Gasteiger partial charge >= 0.3 is 5.97 Å². The number of hydrogen-bond acceptors (Lipinski definition) is 2. The molecule has 3 heteroatoms. The topological polar surface area (TPSA) is 49.3 Å². The zero-order valence-electron chi connectivity index (χ0n) is 13.5. The van der Waals surface area contributed by atoms with Gasteiger partial charge in [-0.2, -0.15) is 0 Å². The Morgan fingerprint density at radius 1 is 1.13 bits per heavy atom. The first-order valence-electron chi connectivity index (χ1n) is 8.38. The molecule has 0 spiro atoms. The van der Waals surface area contributed by atoms with Crippen molar-refractivity contribution in [2.45, 2.75) is 45.2 Å². The molecule has 0 amide bonds. The second-order valence-corrected chi connectivity index (χ2v) is 6.15. The largest absolute Gasteiger partial charge is 0.478 e. The summed E-state index contributed by atoms with van der Waals surface area (Å²) in [6.45, 7) is 3.01. The molecule has 0 saturated heterocycles. The van der Waals surface area contributed by atoms with Gasteiger partial charge in [-0.3, -0.25) is 0 Å². The van der Waals surface area contributed by atoms with Crippen LogP contribution < -0.4 is 5.32 Å². The van der Waals surface area contributed by atoms with E-state index in [2.05, 4.69) is 42.6 Å². The number of carboxylic acids is 1. The number of fused-ring (bicyclic) bond motifs is 1. The molecule has 1 atom stereocenters. The van der Waals surface area contributed by atoms with Crippen molar-refractivity contribution in [1.29, 1.82) is 0 Å². The Labute approximate surface area is 137 Å². The van der Waals surface area contributed by atoms with Crippen molar-refractivity contribution in [1.82, 2.24) is 5.32 Å². The molecular weight excluding hydrogens is 286 g/mol. The van der Waals surface area contributed by atoms with E-state index in [0.717, 1.165) is 43.4 Å². The SMILES string of the molecule is CCCCCc1c(C(=O)O)cccc1C1NCc2ccccc21. The lowest BCUT2D eigenvalue weighted by molar-refractivity contribution is 0.0695. The fourth-order valence-electron chi connectivity index (χ4n) is 3.48. The summed E-state index contributed by atoms with van der Waals surface area (Å²) in [5, 5.41) is 13.1. The Morgan fingerprint density at radius 3 is 2.70 bits per heavy atom. The molecule has 3 nitrogen and oxygen atoms in total. The highest BCUT2D eigenvalue weighted by Crippen LogP contribution is 2.34. The molecule has 3 rings (SSSR count). The van der Waals surface area contributed by atoms with Crippen molar-refractivity contribution in [2.75, 3.05) is 0 Å². The number of unbranched alkanes of at least 4 members (excludes halogenated alkanes) is 2. The van der Waals surface area contributed by atoms with Crippen LogP contribution in [0.3, 0.4) is 0 Å². The van der Waals surface area contributed by atoms with Crippen molar-refractivity contribution >= 4 is 5.97 Å². The highest BCUT2D eigenvalue weighted by atomic mass is 16.4. The van der Waals surface area contributed by atoms with Gasteiger partial charge < -0.3 is 10.4 Å². The van der Waals surface area contributed by atoms with Gasteiger partial charge in [0, 0.05) is 6.54 Å². The Kier molecular flexibility index (Phi) is 4.77. The molecule has 0 radical (unpaired) electrons. The minimum atomic E-state index is -0.829. The quantitative estimate of drug-likeness (QED) is 0.782. The van der Waals surface area contributed by atoms with Gasteiger partial charge in [0.1, 0.15) is 0 Å². The van der Waals surface area contributed by atoms with E-state index in [1.54, 1.807) is 6.07 Å². The minimum absolute atomic E-state index is 0.0992. The van der Waals surface area contributed by atoms with Crippen LogP contribution in [0.25, 0.3) is 0 Å². The number of rotatable bonds is 6. The van der Waals surface area contributed by atoms with Gasteiger partial charge in [0.05, 0.1) is 11.6 Å². The van der Waals surface area contributed by atoms with Crippen LogP contribution in [0, 0.1) is 0 Å². The first-order chi connectivity index (χ1) is 11.2. The van der Waals surface area contributed by atoms with Crippen molar-refractivity contribution in [2.24, 2.45) is 0 Å². The fraction of sp³-hybridized carbons (Fsp3) is 0.350. The van der Waals surface area contributed by atoms with E-state index < -0.39 is 5.97 Å². The molecule has 1 aliphatic heterocycles. The molecule has 0 aliphatic carbocycles. The van der Waals surface area contributed by atoms with Crippen LogP contribution in [0.1, 0.15) is 64.8 Å². The number of carbonyl (C=O) groups is 1. The van der Waals surface area contributed by atoms with Crippen molar-refractivity contribution in [3.8, 4) is 0 Å². The number of hydrogen-bond donors (Lipinski definition) is 2. The molecule has 0 bridgehead atoms. The zero-order valence-corrected chi connectivity index (χ0v) is 13.5. The smallest absolute Gasteiger partial charge is 0.335 e. The van der Waals surface area contributed by atoms with E-state index >= 15 is 0 Å². The molecule has 2 N–H and O–H groups in total. The summed E-state index contributed by atoms with van der Waals surface area (Å²) < 4.78 is 0. The summed E-state index contributed by atoms with van der Waals surface area (Å²) in [4.78, 5) is 11.6. The first kappa shape index (κ1) is 15.8. The van der Waals surface area contributed by atoms with E-state index in [-0.39, 0.29) is 6.04 Å².